The first-order valence-electron chi connectivity index (χ1n) is 7.03. The third-order valence-corrected chi connectivity index (χ3v) is 5.18. The smallest absolute Gasteiger partial charge is 0.417 e. The zero-order valence-electron chi connectivity index (χ0n) is 12.8. The third-order valence-electron chi connectivity index (χ3n) is 3.67. The summed E-state index contributed by atoms with van der Waals surface area (Å²) in [5.74, 6) is -2.16. The van der Waals surface area contributed by atoms with E-state index in [4.69, 9.17) is 10.00 Å². The lowest BCUT2D eigenvalue weighted by Gasteiger charge is -2.15. The van der Waals surface area contributed by atoms with Crippen molar-refractivity contribution in [3.63, 3.8) is 0 Å². The van der Waals surface area contributed by atoms with Gasteiger partial charge in [-0.25, -0.2) is 13.0 Å². The van der Waals surface area contributed by atoms with Crippen LogP contribution < -0.4 is 4.74 Å². The normalized spacial score (nSPS) is 20.8. The van der Waals surface area contributed by atoms with Gasteiger partial charge in [0.1, 0.15) is 28.1 Å². The largest absolute Gasteiger partial charge is 0.457 e. The molecule has 3 rings (SSSR count). The molecular formula is C16H6F7NO2S. The molecule has 0 saturated carbocycles. The van der Waals surface area contributed by atoms with Gasteiger partial charge in [-0.15, -0.1) is 0 Å². The Hall–Kier alpha value is -2.61. The van der Waals surface area contributed by atoms with E-state index in [1.54, 1.807) is 6.07 Å². The number of rotatable bonds is 2. The molecule has 142 valence electrons. The minimum Gasteiger partial charge on any atom is -0.457 e. The average molecular weight is 409 g/mol. The topological polar surface area (TPSA) is 50.1 Å². The summed E-state index contributed by atoms with van der Waals surface area (Å²) in [4.78, 5) is -1.42. The van der Waals surface area contributed by atoms with Crippen molar-refractivity contribution in [2.24, 2.45) is 0 Å². The fourth-order valence-electron chi connectivity index (χ4n) is 2.54. The SMILES string of the molecule is N#Cc1cc(F)cc(Oc2ccc(C(F)(F)F)c3c2C(F)C(F)(F)S3=O)c1. The second-order valence-electron chi connectivity index (χ2n) is 5.43. The Morgan fingerprint density at radius 2 is 1.85 bits per heavy atom. The monoisotopic (exact) mass is 409 g/mol. The lowest BCUT2D eigenvalue weighted by atomic mass is 10.0. The first kappa shape index (κ1) is 19.2. The molecule has 2 unspecified atom stereocenters. The fraction of sp³-hybridized carbons (Fsp3) is 0.188. The van der Waals surface area contributed by atoms with Crippen LogP contribution in [0.1, 0.15) is 22.9 Å². The predicted octanol–water partition coefficient (Wildman–Crippen LogP) is 5.23. The molecule has 0 radical (unpaired) electrons. The number of benzene rings is 2. The molecule has 0 fully saturated rings. The lowest BCUT2D eigenvalue weighted by molar-refractivity contribution is -0.139. The standard InChI is InChI=1S/C16H6F7NO2S/c17-8-3-7(6-24)4-9(5-8)26-11-2-1-10(15(19,20)21)13-12(11)14(18)16(22,23)27(13)25/h1-5,14H. The quantitative estimate of drug-likeness (QED) is 0.638. The number of nitriles is 1. The maximum absolute atomic E-state index is 14.2. The average Bonchev–Trinajstić information content (AvgIpc) is 2.75. The van der Waals surface area contributed by atoms with Crippen molar-refractivity contribution in [3.05, 3.63) is 52.8 Å². The molecule has 0 N–H and O–H groups in total. The van der Waals surface area contributed by atoms with Gasteiger partial charge < -0.3 is 4.74 Å². The van der Waals surface area contributed by atoms with Gasteiger partial charge in [-0.3, -0.25) is 0 Å². The Morgan fingerprint density at radius 1 is 1.19 bits per heavy atom. The zero-order valence-corrected chi connectivity index (χ0v) is 13.6. The van der Waals surface area contributed by atoms with Gasteiger partial charge in [0, 0.05) is 6.07 Å². The number of halogens is 7. The van der Waals surface area contributed by atoms with E-state index in [0.717, 1.165) is 18.2 Å². The van der Waals surface area contributed by atoms with E-state index < -0.39 is 61.7 Å². The van der Waals surface area contributed by atoms with E-state index >= 15 is 0 Å². The second kappa shape index (κ2) is 6.23. The number of alkyl halides is 6. The molecule has 0 saturated heterocycles. The number of hydrogen-bond acceptors (Lipinski definition) is 3. The van der Waals surface area contributed by atoms with Crippen LogP contribution in [-0.2, 0) is 17.0 Å². The van der Waals surface area contributed by atoms with Crippen LogP contribution in [0.15, 0.2) is 35.2 Å². The number of fused-ring (bicyclic) bond motifs is 1. The lowest BCUT2D eigenvalue weighted by Crippen LogP contribution is -2.22. The molecule has 2 aromatic rings. The van der Waals surface area contributed by atoms with E-state index in [9.17, 15) is 34.9 Å². The van der Waals surface area contributed by atoms with E-state index in [-0.39, 0.29) is 5.56 Å². The van der Waals surface area contributed by atoms with E-state index in [2.05, 4.69) is 0 Å². The molecule has 27 heavy (non-hydrogen) atoms. The van der Waals surface area contributed by atoms with Gasteiger partial charge in [-0.1, -0.05) is 0 Å². The highest BCUT2D eigenvalue weighted by molar-refractivity contribution is 7.86. The van der Waals surface area contributed by atoms with Crippen molar-refractivity contribution < 1.29 is 39.7 Å². The van der Waals surface area contributed by atoms with Crippen LogP contribution in [0.5, 0.6) is 11.5 Å². The molecule has 1 aliphatic rings. The molecule has 0 bridgehead atoms. The summed E-state index contributed by atoms with van der Waals surface area (Å²) < 4.78 is 111. The molecule has 3 nitrogen and oxygen atoms in total. The molecule has 0 spiro atoms. The Kier molecular flexibility index (Phi) is 4.42. The van der Waals surface area contributed by atoms with Crippen molar-refractivity contribution in [1.29, 1.82) is 5.26 Å². The zero-order chi connectivity index (χ0) is 20.1. The highest BCUT2D eigenvalue weighted by atomic mass is 32.2. The minimum atomic E-state index is -5.16. The summed E-state index contributed by atoms with van der Waals surface area (Å²) in [5, 5.41) is 4.19. The molecule has 2 aromatic carbocycles. The molecule has 11 heteroatoms. The molecule has 1 aliphatic heterocycles. The molecule has 1 heterocycles. The van der Waals surface area contributed by atoms with E-state index in [1.165, 1.54) is 0 Å². The molecular weight excluding hydrogens is 403 g/mol. The van der Waals surface area contributed by atoms with Gasteiger partial charge in [0.25, 0.3) is 0 Å². The highest BCUT2D eigenvalue weighted by Crippen LogP contribution is 2.55. The molecule has 0 aliphatic carbocycles. The maximum Gasteiger partial charge on any atom is 0.417 e. The van der Waals surface area contributed by atoms with Gasteiger partial charge in [0.05, 0.1) is 27.7 Å². The van der Waals surface area contributed by atoms with Crippen LogP contribution in [0.3, 0.4) is 0 Å². The van der Waals surface area contributed by atoms with Crippen molar-refractivity contribution in [1.82, 2.24) is 0 Å². The summed E-state index contributed by atoms with van der Waals surface area (Å²) >= 11 is 0. The van der Waals surface area contributed by atoms with Crippen LogP contribution in [0, 0.1) is 17.1 Å². The first-order valence-corrected chi connectivity index (χ1v) is 8.18. The van der Waals surface area contributed by atoms with Crippen LogP contribution >= 0.6 is 0 Å². The summed E-state index contributed by atoms with van der Waals surface area (Å²) in [7, 11) is -3.61. The Bertz CT molecular complexity index is 997. The van der Waals surface area contributed by atoms with Gasteiger partial charge in [-0.05, 0) is 24.3 Å². The highest BCUT2D eigenvalue weighted by Gasteiger charge is 2.59. The van der Waals surface area contributed by atoms with Crippen molar-refractivity contribution in [2.45, 2.75) is 22.5 Å². The second-order valence-corrected chi connectivity index (χ2v) is 6.92. The summed E-state index contributed by atoms with van der Waals surface area (Å²) in [6.45, 7) is 0. The van der Waals surface area contributed by atoms with Crippen LogP contribution in [0.4, 0.5) is 30.7 Å². The Balaban J connectivity index is 2.19. The molecule has 0 aromatic heterocycles. The van der Waals surface area contributed by atoms with Crippen LogP contribution in [0.2, 0.25) is 0 Å². The maximum atomic E-state index is 14.2. The Labute approximate surface area is 149 Å². The Morgan fingerprint density at radius 3 is 2.44 bits per heavy atom. The molecule has 0 amide bonds. The molecule has 2 atom stereocenters. The number of hydrogen-bond donors (Lipinski definition) is 0. The van der Waals surface area contributed by atoms with Crippen molar-refractivity contribution in [2.75, 3.05) is 0 Å². The van der Waals surface area contributed by atoms with Crippen molar-refractivity contribution in [3.8, 4) is 17.6 Å². The van der Waals surface area contributed by atoms with Gasteiger partial charge in [0.2, 0.25) is 6.17 Å². The third kappa shape index (κ3) is 3.14. The van der Waals surface area contributed by atoms with E-state index in [0.29, 0.717) is 12.1 Å². The van der Waals surface area contributed by atoms with Gasteiger partial charge in [0.15, 0.2) is 0 Å². The minimum absolute atomic E-state index is 0.223. The summed E-state index contributed by atoms with van der Waals surface area (Å²) in [5.41, 5.74) is -3.13. The van der Waals surface area contributed by atoms with Crippen LogP contribution in [0.25, 0.3) is 0 Å². The summed E-state index contributed by atoms with van der Waals surface area (Å²) in [6.07, 6.45) is -8.49. The number of ether oxygens (including phenoxy) is 1. The predicted molar refractivity (Wildman–Crippen MR) is 77.8 cm³/mol. The number of nitrogens with zero attached hydrogens (tertiary/aromatic N) is 1. The van der Waals surface area contributed by atoms with Gasteiger partial charge >= 0.3 is 11.4 Å². The first-order chi connectivity index (χ1) is 12.5. The van der Waals surface area contributed by atoms with E-state index in [1.807, 2.05) is 0 Å². The fourth-order valence-corrected chi connectivity index (χ4v) is 3.91. The van der Waals surface area contributed by atoms with Crippen LogP contribution in [-0.4, -0.2) is 9.46 Å². The van der Waals surface area contributed by atoms with Crippen molar-refractivity contribution >= 4 is 10.8 Å². The summed E-state index contributed by atoms with van der Waals surface area (Å²) in [6, 6.07) is 5.02. The van der Waals surface area contributed by atoms with Gasteiger partial charge in [-0.2, -0.15) is 27.2 Å².